The Balaban J connectivity index is 2.14. The van der Waals surface area contributed by atoms with Gasteiger partial charge < -0.3 is 4.90 Å². The molecule has 0 spiro atoms. The number of benzene rings is 1. The van der Waals surface area contributed by atoms with Crippen LogP contribution in [0.1, 0.15) is 35.5 Å². The van der Waals surface area contributed by atoms with Crippen LogP contribution in [0.2, 0.25) is 0 Å². The summed E-state index contributed by atoms with van der Waals surface area (Å²) >= 11 is 0. The maximum atomic E-state index is 12.5. The number of hydrogen-bond donors (Lipinski definition) is 1. The Hall–Kier alpha value is -2.15. The molecule has 0 radical (unpaired) electrons. The van der Waals surface area contributed by atoms with Crippen molar-refractivity contribution in [1.29, 1.82) is 0 Å². The van der Waals surface area contributed by atoms with Gasteiger partial charge in [-0.25, -0.2) is 8.42 Å². The molecule has 7 heteroatoms. The summed E-state index contributed by atoms with van der Waals surface area (Å²) in [5.74, 6) is -0.0118. The van der Waals surface area contributed by atoms with Crippen LogP contribution in [-0.4, -0.2) is 42.7 Å². The molecule has 0 bridgehead atoms. The zero-order valence-corrected chi connectivity index (χ0v) is 15.4. The average Bonchev–Trinajstić information content (AvgIpc) is 2.84. The van der Waals surface area contributed by atoms with E-state index in [0.717, 1.165) is 22.5 Å². The van der Waals surface area contributed by atoms with Gasteiger partial charge in [0, 0.05) is 24.6 Å². The van der Waals surface area contributed by atoms with Crippen LogP contribution in [0.4, 0.5) is 0 Å². The van der Waals surface area contributed by atoms with Gasteiger partial charge in [0.15, 0.2) is 9.84 Å². The van der Waals surface area contributed by atoms with Crippen LogP contribution in [0, 0.1) is 13.8 Å². The lowest BCUT2D eigenvalue weighted by Crippen LogP contribution is -2.31. The second kappa shape index (κ2) is 6.76. The van der Waals surface area contributed by atoms with E-state index in [2.05, 4.69) is 10.2 Å². The molecule has 2 rings (SSSR count). The van der Waals surface area contributed by atoms with Gasteiger partial charge in [-0.2, -0.15) is 5.10 Å². The maximum absolute atomic E-state index is 12.5. The predicted octanol–water partition coefficient (Wildman–Crippen LogP) is 2.19. The fraction of sp³-hybridized carbons (Fsp3) is 0.412. The van der Waals surface area contributed by atoms with Crippen molar-refractivity contribution < 1.29 is 13.2 Å². The first-order chi connectivity index (χ1) is 11.1. The first-order valence-electron chi connectivity index (χ1n) is 7.67. The molecule has 1 N–H and O–H groups in total. The molecule has 130 valence electrons. The Morgan fingerprint density at radius 3 is 2.29 bits per heavy atom. The third kappa shape index (κ3) is 3.84. The summed E-state index contributed by atoms with van der Waals surface area (Å²) < 4.78 is 23.0. The van der Waals surface area contributed by atoms with Gasteiger partial charge in [0.2, 0.25) is 5.91 Å². The highest BCUT2D eigenvalue weighted by Crippen LogP contribution is 2.22. The number of carbonyl (C=O) groups is 1. The monoisotopic (exact) mass is 349 g/mol. The number of aromatic nitrogens is 2. The summed E-state index contributed by atoms with van der Waals surface area (Å²) in [5, 5.41) is 7.00. The number of H-pyrrole nitrogens is 1. The number of nitrogens with zero attached hydrogens (tertiary/aromatic N) is 2. The van der Waals surface area contributed by atoms with Crippen molar-refractivity contribution in [2.24, 2.45) is 0 Å². The van der Waals surface area contributed by atoms with Crippen LogP contribution < -0.4 is 0 Å². The summed E-state index contributed by atoms with van der Waals surface area (Å²) in [7, 11) is -1.46. The largest absolute Gasteiger partial charge is 0.339 e. The Morgan fingerprint density at radius 2 is 1.83 bits per heavy atom. The van der Waals surface area contributed by atoms with E-state index in [1.165, 1.54) is 6.26 Å². The molecule has 2 aromatic rings. The molecule has 1 aromatic heterocycles. The second-order valence-electron chi connectivity index (χ2n) is 6.11. The van der Waals surface area contributed by atoms with E-state index in [-0.39, 0.29) is 23.3 Å². The minimum Gasteiger partial charge on any atom is -0.339 e. The normalized spacial score (nSPS) is 12.9. The average molecular weight is 349 g/mol. The fourth-order valence-electron chi connectivity index (χ4n) is 2.54. The Morgan fingerprint density at radius 1 is 1.25 bits per heavy atom. The summed E-state index contributed by atoms with van der Waals surface area (Å²) in [6, 6.07) is 6.49. The fourth-order valence-corrected chi connectivity index (χ4v) is 3.17. The standard InChI is InChI=1S/C17H23N3O3S/c1-11-16(12(2)19-18-11)10-17(21)20(4)13(3)14-6-8-15(9-7-14)24(5,22)23/h6-9,13H,10H2,1-5H3,(H,18,19)/t13-/m1/s1. The van der Waals surface area contributed by atoms with E-state index in [9.17, 15) is 13.2 Å². The molecule has 0 fully saturated rings. The highest BCUT2D eigenvalue weighted by molar-refractivity contribution is 7.90. The van der Waals surface area contributed by atoms with Crippen molar-refractivity contribution in [3.05, 3.63) is 46.8 Å². The van der Waals surface area contributed by atoms with Gasteiger partial charge in [-0.05, 0) is 38.5 Å². The van der Waals surface area contributed by atoms with Gasteiger partial charge >= 0.3 is 0 Å². The Labute approximate surface area is 142 Å². The van der Waals surface area contributed by atoms with Gasteiger partial charge in [-0.1, -0.05) is 12.1 Å². The minimum atomic E-state index is -3.22. The van der Waals surface area contributed by atoms with Crippen molar-refractivity contribution >= 4 is 15.7 Å². The van der Waals surface area contributed by atoms with E-state index < -0.39 is 9.84 Å². The van der Waals surface area contributed by atoms with Crippen molar-refractivity contribution in [2.75, 3.05) is 13.3 Å². The summed E-state index contributed by atoms with van der Waals surface area (Å²) in [6.45, 7) is 5.69. The molecule has 1 aromatic carbocycles. The van der Waals surface area contributed by atoms with Crippen LogP contribution in [0.5, 0.6) is 0 Å². The Kier molecular flexibility index (Phi) is 5.13. The lowest BCUT2D eigenvalue weighted by molar-refractivity contribution is -0.131. The van der Waals surface area contributed by atoms with Gasteiger partial charge in [-0.15, -0.1) is 0 Å². The molecule has 1 atom stereocenters. The molecule has 6 nitrogen and oxygen atoms in total. The van der Waals surface area contributed by atoms with Gasteiger partial charge in [-0.3, -0.25) is 9.89 Å². The van der Waals surface area contributed by atoms with E-state index in [1.54, 1.807) is 36.2 Å². The van der Waals surface area contributed by atoms with E-state index in [4.69, 9.17) is 0 Å². The number of aromatic amines is 1. The molecule has 0 unspecified atom stereocenters. The number of aryl methyl sites for hydroxylation is 2. The third-order valence-corrected chi connectivity index (χ3v) is 5.50. The van der Waals surface area contributed by atoms with Crippen LogP contribution in [0.15, 0.2) is 29.2 Å². The van der Waals surface area contributed by atoms with Crippen molar-refractivity contribution in [1.82, 2.24) is 15.1 Å². The Bertz CT molecular complexity index is 819. The molecule has 0 saturated carbocycles. The summed E-state index contributed by atoms with van der Waals surface area (Å²) in [6.07, 6.45) is 1.47. The number of nitrogens with one attached hydrogen (secondary N) is 1. The summed E-state index contributed by atoms with van der Waals surface area (Å²) in [4.78, 5) is 14.5. The van der Waals surface area contributed by atoms with Crippen molar-refractivity contribution in [3.8, 4) is 0 Å². The lowest BCUT2D eigenvalue weighted by Gasteiger charge is -2.25. The predicted molar refractivity (Wildman–Crippen MR) is 92.5 cm³/mol. The lowest BCUT2D eigenvalue weighted by atomic mass is 10.1. The molecule has 1 heterocycles. The molecule has 0 saturated heterocycles. The highest BCUT2D eigenvalue weighted by atomic mass is 32.2. The SMILES string of the molecule is Cc1n[nH]c(C)c1CC(=O)N(C)[C@H](C)c1ccc(S(C)(=O)=O)cc1. The molecule has 0 aliphatic heterocycles. The number of hydrogen-bond acceptors (Lipinski definition) is 4. The van der Waals surface area contributed by atoms with Crippen LogP contribution in [0.25, 0.3) is 0 Å². The summed E-state index contributed by atoms with van der Waals surface area (Å²) in [5.41, 5.74) is 3.55. The quantitative estimate of drug-likeness (QED) is 0.897. The van der Waals surface area contributed by atoms with E-state index >= 15 is 0 Å². The van der Waals surface area contributed by atoms with Crippen molar-refractivity contribution in [2.45, 2.75) is 38.1 Å². The van der Waals surface area contributed by atoms with Crippen molar-refractivity contribution in [3.63, 3.8) is 0 Å². The minimum absolute atomic E-state index is 0.0118. The van der Waals surface area contributed by atoms with Gasteiger partial charge in [0.25, 0.3) is 0 Å². The molecule has 0 aliphatic carbocycles. The molecule has 0 aliphatic rings. The third-order valence-electron chi connectivity index (χ3n) is 4.37. The highest BCUT2D eigenvalue weighted by Gasteiger charge is 2.20. The second-order valence-corrected chi connectivity index (χ2v) is 8.13. The molecular weight excluding hydrogens is 326 g/mol. The molecule has 24 heavy (non-hydrogen) atoms. The number of amides is 1. The maximum Gasteiger partial charge on any atom is 0.227 e. The van der Waals surface area contributed by atoms with E-state index in [1.807, 2.05) is 20.8 Å². The molecular formula is C17H23N3O3S. The van der Waals surface area contributed by atoms with E-state index in [0.29, 0.717) is 0 Å². The number of carbonyl (C=O) groups excluding carboxylic acids is 1. The van der Waals surface area contributed by atoms with Crippen LogP contribution in [-0.2, 0) is 21.1 Å². The number of sulfone groups is 1. The van der Waals surface area contributed by atoms with Gasteiger partial charge in [0.1, 0.15) is 0 Å². The van der Waals surface area contributed by atoms with Gasteiger partial charge in [0.05, 0.1) is 23.1 Å². The van der Waals surface area contributed by atoms with Crippen LogP contribution in [0.3, 0.4) is 0 Å². The number of rotatable bonds is 5. The topological polar surface area (TPSA) is 83.1 Å². The van der Waals surface area contributed by atoms with Crippen LogP contribution >= 0.6 is 0 Å². The first-order valence-corrected chi connectivity index (χ1v) is 9.56. The smallest absolute Gasteiger partial charge is 0.227 e. The first kappa shape index (κ1) is 18.2. The number of likely N-dealkylation sites (N-methyl/N-ethyl adjacent to an activating group) is 1. The zero-order valence-electron chi connectivity index (χ0n) is 14.6. The zero-order chi connectivity index (χ0) is 18.1. The molecule has 1 amide bonds.